The average Bonchev–Trinajstić information content (AvgIpc) is 2.66. The van der Waals surface area contributed by atoms with Crippen molar-refractivity contribution in [3.63, 3.8) is 0 Å². The van der Waals surface area contributed by atoms with Gasteiger partial charge < -0.3 is 14.4 Å². The van der Waals surface area contributed by atoms with Crippen LogP contribution in [0.2, 0.25) is 0 Å². The summed E-state index contributed by atoms with van der Waals surface area (Å²) in [6, 6.07) is 12.8. The molecule has 2 aromatic carbocycles. The number of nitrogens with zero attached hydrogens (tertiary/aromatic N) is 1. The van der Waals surface area contributed by atoms with Crippen molar-refractivity contribution in [2.45, 2.75) is 19.9 Å². The van der Waals surface area contributed by atoms with Crippen LogP contribution in [0.25, 0.3) is 0 Å². The number of hydrogen-bond donors (Lipinski definition) is 0. The van der Waals surface area contributed by atoms with Gasteiger partial charge in [0.2, 0.25) is 0 Å². The fraction of sp³-hybridized carbons (Fsp3) is 0.300. The molecule has 2 rings (SSSR count). The molecule has 0 unspecified atom stereocenters. The smallest absolute Gasteiger partial charge is 0.307 e. The van der Waals surface area contributed by atoms with Crippen LogP contribution >= 0.6 is 0 Å². The Balaban J connectivity index is 2.21. The number of esters is 1. The molecule has 1 amide bonds. The Bertz CT molecular complexity index is 746. The van der Waals surface area contributed by atoms with E-state index in [4.69, 9.17) is 9.47 Å². The van der Waals surface area contributed by atoms with Gasteiger partial charge >= 0.3 is 5.97 Å². The van der Waals surface area contributed by atoms with Crippen molar-refractivity contribution >= 4 is 11.9 Å². The first-order valence-electron chi connectivity index (χ1n) is 8.37. The Kier molecular flexibility index (Phi) is 7.14. The summed E-state index contributed by atoms with van der Waals surface area (Å²) < 4.78 is 23.3. The van der Waals surface area contributed by atoms with Crippen LogP contribution in [0.1, 0.15) is 29.3 Å². The number of amides is 1. The summed E-state index contributed by atoms with van der Waals surface area (Å²) >= 11 is 0. The topological polar surface area (TPSA) is 55.8 Å². The van der Waals surface area contributed by atoms with Crippen LogP contribution < -0.4 is 4.74 Å². The van der Waals surface area contributed by atoms with Gasteiger partial charge in [-0.3, -0.25) is 9.59 Å². The van der Waals surface area contributed by atoms with Crippen LogP contribution in [0.5, 0.6) is 5.75 Å². The van der Waals surface area contributed by atoms with Gasteiger partial charge in [-0.05, 0) is 36.8 Å². The maximum Gasteiger partial charge on any atom is 0.307 e. The van der Waals surface area contributed by atoms with Crippen molar-refractivity contribution < 1.29 is 23.5 Å². The lowest BCUT2D eigenvalue weighted by Crippen LogP contribution is -2.33. The second-order valence-electron chi connectivity index (χ2n) is 5.61. The van der Waals surface area contributed by atoms with Crippen molar-refractivity contribution in [3.8, 4) is 5.75 Å². The summed E-state index contributed by atoms with van der Waals surface area (Å²) in [7, 11) is 1.50. The summed E-state index contributed by atoms with van der Waals surface area (Å²) in [6.07, 6.45) is 0.0793. The minimum Gasteiger partial charge on any atom is -0.496 e. The number of ether oxygens (including phenoxy) is 2. The van der Waals surface area contributed by atoms with Crippen molar-refractivity contribution in [1.82, 2.24) is 4.90 Å². The third kappa shape index (κ3) is 5.31. The summed E-state index contributed by atoms with van der Waals surface area (Å²) in [5.74, 6) is -0.527. The molecule has 0 saturated heterocycles. The SMILES string of the molecule is CCOC(=O)CCN(Cc1ccc(F)cc1)C(=O)c1ccccc1OC. The monoisotopic (exact) mass is 359 g/mol. The highest BCUT2D eigenvalue weighted by Crippen LogP contribution is 2.21. The predicted molar refractivity (Wildman–Crippen MR) is 95.4 cm³/mol. The zero-order valence-electron chi connectivity index (χ0n) is 14.9. The molecule has 6 heteroatoms. The first-order chi connectivity index (χ1) is 12.5. The number of rotatable bonds is 8. The van der Waals surface area contributed by atoms with Crippen LogP contribution in [0.3, 0.4) is 0 Å². The maximum atomic E-state index is 13.1. The Morgan fingerprint density at radius 3 is 2.42 bits per heavy atom. The lowest BCUT2D eigenvalue weighted by molar-refractivity contribution is -0.143. The van der Waals surface area contributed by atoms with Crippen molar-refractivity contribution in [3.05, 3.63) is 65.5 Å². The molecule has 0 aliphatic heterocycles. The van der Waals surface area contributed by atoms with Crippen LogP contribution in [-0.2, 0) is 16.1 Å². The first-order valence-corrected chi connectivity index (χ1v) is 8.37. The summed E-state index contributed by atoms with van der Waals surface area (Å²) in [6.45, 7) is 2.45. The molecule has 0 N–H and O–H groups in total. The van der Waals surface area contributed by atoms with E-state index >= 15 is 0 Å². The summed E-state index contributed by atoms with van der Waals surface area (Å²) in [5, 5.41) is 0. The average molecular weight is 359 g/mol. The highest BCUT2D eigenvalue weighted by Gasteiger charge is 2.20. The van der Waals surface area contributed by atoms with E-state index in [0.717, 1.165) is 5.56 Å². The van der Waals surface area contributed by atoms with Crippen LogP contribution in [-0.4, -0.2) is 37.0 Å². The Labute approximate surface area is 152 Å². The van der Waals surface area contributed by atoms with Gasteiger partial charge in [0.1, 0.15) is 11.6 Å². The number of para-hydroxylation sites is 1. The summed E-state index contributed by atoms with van der Waals surface area (Å²) in [4.78, 5) is 26.2. The second kappa shape index (κ2) is 9.56. The quantitative estimate of drug-likeness (QED) is 0.678. The third-order valence-corrected chi connectivity index (χ3v) is 3.80. The van der Waals surface area contributed by atoms with Gasteiger partial charge in [-0.2, -0.15) is 0 Å². The van der Waals surface area contributed by atoms with E-state index in [1.807, 2.05) is 0 Å². The fourth-order valence-electron chi connectivity index (χ4n) is 2.51. The molecule has 0 aliphatic rings. The molecule has 0 radical (unpaired) electrons. The lowest BCUT2D eigenvalue weighted by Gasteiger charge is -2.23. The molecule has 0 spiro atoms. The summed E-state index contributed by atoms with van der Waals surface area (Å²) in [5.41, 5.74) is 1.17. The molecule has 0 fully saturated rings. The molecule has 0 bridgehead atoms. The molecule has 138 valence electrons. The molecule has 0 saturated carbocycles. The van der Waals surface area contributed by atoms with E-state index in [2.05, 4.69) is 0 Å². The van der Waals surface area contributed by atoms with Crippen molar-refractivity contribution in [2.75, 3.05) is 20.3 Å². The fourth-order valence-corrected chi connectivity index (χ4v) is 2.51. The number of carbonyl (C=O) groups is 2. The standard InChI is InChI=1S/C20H22FNO4/c1-3-26-19(23)12-13-22(14-15-8-10-16(21)11-9-15)20(24)17-6-4-5-7-18(17)25-2/h4-11H,3,12-14H2,1-2H3. The lowest BCUT2D eigenvalue weighted by atomic mass is 10.1. The highest BCUT2D eigenvalue weighted by molar-refractivity contribution is 5.97. The predicted octanol–water partition coefficient (Wildman–Crippen LogP) is 3.43. The third-order valence-electron chi connectivity index (χ3n) is 3.80. The van der Waals surface area contributed by atoms with E-state index in [-0.39, 0.29) is 43.8 Å². The highest BCUT2D eigenvalue weighted by atomic mass is 19.1. The van der Waals surface area contributed by atoms with Crippen LogP contribution in [0, 0.1) is 5.82 Å². The van der Waals surface area contributed by atoms with Gasteiger partial charge in [0.15, 0.2) is 0 Å². The number of hydrogen-bond acceptors (Lipinski definition) is 4. The van der Waals surface area contributed by atoms with Gasteiger partial charge in [0, 0.05) is 13.1 Å². The molecule has 26 heavy (non-hydrogen) atoms. The van der Waals surface area contributed by atoms with Crippen LogP contribution in [0.4, 0.5) is 4.39 Å². The van der Waals surface area contributed by atoms with Crippen molar-refractivity contribution in [2.24, 2.45) is 0 Å². The molecule has 0 heterocycles. The molecule has 0 atom stereocenters. The number of halogens is 1. The molecule has 0 aliphatic carbocycles. The van der Waals surface area contributed by atoms with Gasteiger partial charge in [-0.25, -0.2) is 4.39 Å². The Hall–Kier alpha value is -2.89. The van der Waals surface area contributed by atoms with Crippen molar-refractivity contribution in [1.29, 1.82) is 0 Å². The minimum atomic E-state index is -0.371. The second-order valence-corrected chi connectivity index (χ2v) is 5.61. The van der Waals surface area contributed by atoms with E-state index in [1.54, 1.807) is 43.3 Å². The number of carbonyl (C=O) groups excluding carboxylic acids is 2. The molecular formula is C20H22FNO4. The number of benzene rings is 2. The van der Waals surface area contributed by atoms with Crippen LogP contribution in [0.15, 0.2) is 48.5 Å². The largest absolute Gasteiger partial charge is 0.496 e. The number of methoxy groups -OCH3 is 1. The van der Waals surface area contributed by atoms with Gasteiger partial charge in [0.05, 0.1) is 25.7 Å². The minimum absolute atomic E-state index is 0.0793. The maximum absolute atomic E-state index is 13.1. The van der Waals surface area contributed by atoms with Gasteiger partial charge in [-0.15, -0.1) is 0 Å². The Morgan fingerprint density at radius 2 is 1.77 bits per heavy atom. The zero-order valence-corrected chi connectivity index (χ0v) is 14.9. The molecule has 0 aromatic heterocycles. The van der Waals surface area contributed by atoms with E-state index in [9.17, 15) is 14.0 Å². The van der Waals surface area contributed by atoms with E-state index < -0.39 is 0 Å². The van der Waals surface area contributed by atoms with E-state index in [0.29, 0.717) is 11.3 Å². The van der Waals surface area contributed by atoms with E-state index in [1.165, 1.54) is 24.1 Å². The normalized spacial score (nSPS) is 10.3. The van der Waals surface area contributed by atoms with Gasteiger partial charge in [0.25, 0.3) is 5.91 Å². The molecule has 5 nitrogen and oxygen atoms in total. The van der Waals surface area contributed by atoms with Gasteiger partial charge in [-0.1, -0.05) is 24.3 Å². The molecular weight excluding hydrogens is 337 g/mol. The Morgan fingerprint density at radius 1 is 1.08 bits per heavy atom. The zero-order chi connectivity index (χ0) is 18.9. The molecule has 2 aromatic rings. The first kappa shape index (κ1) is 19.4.